The molecule has 5 aromatic rings. The van der Waals surface area contributed by atoms with E-state index >= 15 is 0 Å². The minimum atomic E-state index is 0.720. The minimum Gasteiger partial charge on any atom is -0.497 e. The summed E-state index contributed by atoms with van der Waals surface area (Å²) in [5.41, 5.74) is 4.73. The molecule has 0 spiro atoms. The van der Waals surface area contributed by atoms with E-state index in [1.54, 1.807) is 19.8 Å². The van der Waals surface area contributed by atoms with Crippen molar-refractivity contribution in [3.05, 3.63) is 72.8 Å². The van der Waals surface area contributed by atoms with Crippen LogP contribution in [0.1, 0.15) is 5.56 Å². The smallest absolute Gasteiger partial charge is 0.141 e. The summed E-state index contributed by atoms with van der Waals surface area (Å²) < 4.78 is 13.4. The Kier molecular flexibility index (Phi) is 4.63. The monoisotopic (exact) mass is 411 g/mol. The number of aryl methyl sites for hydroxylation is 2. The summed E-state index contributed by atoms with van der Waals surface area (Å²) in [7, 11) is 3.62. The maximum atomic E-state index is 6.11. The van der Waals surface area contributed by atoms with E-state index in [1.807, 2.05) is 73.1 Å². The van der Waals surface area contributed by atoms with Crippen molar-refractivity contribution >= 4 is 33.4 Å². The Hall–Kier alpha value is -4.13. The van der Waals surface area contributed by atoms with Crippen LogP contribution in [0.15, 0.2) is 67.3 Å². The second-order valence-electron chi connectivity index (χ2n) is 7.32. The molecule has 2 heterocycles. The van der Waals surface area contributed by atoms with Crippen molar-refractivity contribution in [2.75, 3.05) is 12.4 Å². The predicted octanol–water partition coefficient (Wildman–Crippen LogP) is 5.37. The van der Waals surface area contributed by atoms with Gasteiger partial charge in [0.15, 0.2) is 0 Å². The molecule has 0 atom stereocenters. The highest BCUT2D eigenvalue weighted by atomic mass is 16.5. The third-order valence-corrected chi connectivity index (χ3v) is 5.20. The molecule has 0 aliphatic heterocycles. The first-order chi connectivity index (χ1) is 15.1. The summed E-state index contributed by atoms with van der Waals surface area (Å²) in [5, 5.41) is 4.27. The lowest BCUT2D eigenvalue weighted by Crippen LogP contribution is -1.97. The second-order valence-corrected chi connectivity index (χ2v) is 7.32. The number of fused-ring (bicyclic) bond motifs is 2. The van der Waals surface area contributed by atoms with Gasteiger partial charge in [-0.3, -0.25) is 0 Å². The summed E-state index contributed by atoms with van der Waals surface area (Å²) in [6.07, 6.45) is 3.35. The largest absolute Gasteiger partial charge is 0.497 e. The molecule has 0 saturated carbocycles. The third-order valence-electron chi connectivity index (χ3n) is 5.20. The summed E-state index contributed by atoms with van der Waals surface area (Å²) in [6.45, 7) is 2.01. The minimum absolute atomic E-state index is 0.720. The van der Waals surface area contributed by atoms with Gasteiger partial charge in [0.25, 0.3) is 0 Å². The molecule has 0 aliphatic rings. The Balaban J connectivity index is 1.41. The molecule has 0 radical (unpaired) electrons. The molecular formula is C24H21N5O2. The number of methoxy groups -OCH3 is 1. The molecule has 7 heteroatoms. The number of benzene rings is 3. The van der Waals surface area contributed by atoms with E-state index in [0.717, 1.165) is 56.3 Å². The van der Waals surface area contributed by atoms with E-state index in [0.29, 0.717) is 0 Å². The molecule has 5 rings (SSSR count). The van der Waals surface area contributed by atoms with Crippen LogP contribution >= 0.6 is 0 Å². The van der Waals surface area contributed by atoms with Crippen LogP contribution in [0.25, 0.3) is 21.9 Å². The fourth-order valence-electron chi connectivity index (χ4n) is 3.55. The molecule has 0 fully saturated rings. The molecule has 1 N–H and O–H groups in total. The van der Waals surface area contributed by atoms with Gasteiger partial charge < -0.3 is 19.4 Å². The zero-order valence-corrected chi connectivity index (χ0v) is 17.5. The average molecular weight is 411 g/mol. The van der Waals surface area contributed by atoms with Crippen LogP contribution in [-0.2, 0) is 7.05 Å². The zero-order valence-electron chi connectivity index (χ0n) is 17.5. The maximum absolute atomic E-state index is 6.11. The van der Waals surface area contributed by atoms with Gasteiger partial charge in [0.05, 0.1) is 30.0 Å². The Labute approximate surface area is 179 Å². The van der Waals surface area contributed by atoms with Crippen LogP contribution < -0.4 is 14.8 Å². The molecular weight excluding hydrogens is 390 g/mol. The molecule has 0 amide bonds. The van der Waals surface area contributed by atoms with Crippen LogP contribution in [0.5, 0.6) is 17.2 Å². The van der Waals surface area contributed by atoms with Gasteiger partial charge in [-0.15, -0.1) is 0 Å². The number of nitrogens with zero attached hydrogens (tertiary/aromatic N) is 4. The number of rotatable bonds is 5. The first-order valence-corrected chi connectivity index (χ1v) is 9.86. The van der Waals surface area contributed by atoms with Crippen molar-refractivity contribution in [1.29, 1.82) is 0 Å². The maximum Gasteiger partial charge on any atom is 0.141 e. The molecule has 0 aliphatic carbocycles. The van der Waals surface area contributed by atoms with Crippen molar-refractivity contribution in [3.63, 3.8) is 0 Å². The lowest BCUT2D eigenvalue weighted by Gasteiger charge is -2.13. The molecule has 154 valence electrons. The molecule has 0 bridgehead atoms. The number of ether oxygens (including phenoxy) is 2. The average Bonchev–Trinajstić information content (AvgIpc) is 3.15. The lowest BCUT2D eigenvalue weighted by atomic mass is 10.2. The van der Waals surface area contributed by atoms with Crippen LogP contribution in [0.2, 0.25) is 0 Å². The zero-order chi connectivity index (χ0) is 21.4. The third kappa shape index (κ3) is 3.61. The number of aromatic nitrogens is 4. The standard InChI is InChI=1S/C24H21N5O2/c1-15-10-16(28-24-19-11-17(30-3)5-7-20(19)25-13-26-24)4-9-23(15)31-18-6-8-22-21(12-18)27-14-29(22)2/h4-14H,1-3H3,(H,25,26,28). The first-order valence-electron chi connectivity index (χ1n) is 9.86. The van der Waals surface area contributed by atoms with E-state index in [9.17, 15) is 0 Å². The van der Waals surface area contributed by atoms with Crippen molar-refractivity contribution < 1.29 is 9.47 Å². The molecule has 7 nitrogen and oxygen atoms in total. The predicted molar refractivity (Wildman–Crippen MR) is 121 cm³/mol. The number of nitrogens with one attached hydrogen (secondary N) is 1. The Morgan fingerprint density at radius 1 is 0.871 bits per heavy atom. The van der Waals surface area contributed by atoms with Crippen LogP contribution in [-0.4, -0.2) is 26.6 Å². The fourth-order valence-corrected chi connectivity index (χ4v) is 3.55. The molecule has 0 unspecified atom stereocenters. The van der Waals surface area contributed by atoms with E-state index in [4.69, 9.17) is 9.47 Å². The topological polar surface area (TPSA) is 74.1 Å². The number of anilines is 2. The fraction of sp³-hybridized carbons (Fsp3) is 0.125. The van der Waals surface area contributed by atoms with Crippen LogP contribution in [0, 0.1) is 6.92 Å². The SMILES string of the molecule is COc1ccc2ncnc(Nc3ccc(Oc4ccc5c(c4)ncn5C)c(C)c3)c2c1. The first kappa shape index (κ1) is 18.9. The summed E-state index contributed by atoms with van der Waals surface area (Å²) in [6, 6.07) is 17.6. The normalized spacial score (nSPS) is 11.1. The molecule has 0 saturated heterocycles. The van der Waals surface area contributed by atoms with E-state index in [2.05, 4.69) is 20.3 Å². The quantitative estimate of drug-likeness (QED) is 0.419. The molecule has 2 aromatic heterocycles. The van der Waals surface area contributed by atoms with Gasteiger partial charge in [-0.1, -0.05) is 0 Å². The molecule has 3 aromatic carbocycles. The van der Waals surface area contributed by atoms with Gasteiger partial charge in [-0.25, -0.2) is 15.0 Å². The number of imidazole rings is 1. The summed E-state index contributed by atoms with van der Waals surface area (Å²) >= 11 is 0. The lowest BCUT2D eigenvalue weighted by molar-refractivity contribution is 0.415. The van der Waals surface area contributed by atoms with Gasteiger partial charge in [0, 0.05) is 24.2 Å². The van der Waals surface area contributed by atoms with E-state index in [-0.39, 0.29) is 0 Å². The number of hydrogen-bond donors (Lipinski definition) is 1. The Bertz CT molecular complexity index is 1410. The highest BCUT2D eigenvalue weighted by Crippen LogP contribution is 2.31. The van der Waals surface area contributed by atoms with Crippen molar-refractivity contribution in [1.82, 2.24) is 19.5 Å². The van der Waals surface area contributed by atoms with Crippen LogP contribution in [0.3, 0.4) is 0 Å². The van der Waals surface area contributed by atoms with Crippen molar-refractivity contribution in [3.8, 4) is 17.2 Å². The highest BCUT2D eigenvalue weighted by Gasteiger charge is 2.09. The summed E-state index contributed by atoms with van der Waals surface area (Å²) in [5.74, 6) is 3.02. The highest BCUT2D eigenvalue weighted by molar-refractivity contribution is 5.91. The number of hydrogen-bond acceptors (Lipinski definition) is 6. The van der Waals surface area contributed by atoms with Crippen LogP contribution in [0.4, 0.5) is 11.5 Å². The van der Waals surface area contributed by atoms with Gasteiger partial charge in [0.2, 0.25) is 0 Å². The van der Waals surface area contributed by atoms with E-state index < -0.39 is 0 Å². The van der Waals surface area contributed by atoms with Crippen molar-refractivity contribution in [2.45, 2.75) is 6.92 Å². The van der Waals surface area contributed by atoms with E-state index in [1.165, 1.54) is 0 Å². The van der Waals surface area contributed by atoms with Gasteiger partial charge in [0.1, 0.15) is 29.4 Å². The van der Waals surface area contributed by atoms with Crippen molar-refractivity contribution in [2.24, 2.45) is 7.05 Å². The Morgan fingerprint density at radius 3 is 2.58 bits per heavy atom. The molecule has 31 heavy (non-hydrogen) atoms. The second kappa shape index (κ2) is 7.60. The van der Waals surface area contributed by atoms with Gasteiger partial charge in [-0.05, 0) is 61.0 Å². The van der Waals surface area contributed by atoms with Gasteiger partial charge >= 0.3 is 0 Å². The van der Waals surface area contributed by atoms with Gasteiger partial charge in [-0.2, -0.15) is 0 Å². The Morgan fingerprint density at radius 2 is 1.74 bits per heavy atom. The summed E-state index contributed by atoms with van der Waals surface area (Å²) in [4.78, 5) is 13.1.